The van der Waals surface area contributed by atoms with E-state index in [0.717, 1.165) is 36.2 Å². The molecule has 0 aromatic heterocycles. The molecule has 3 rings (SSSR count). The summed E-state index contributed by atoms with van der Waals surface area (Å²) in [5.41, 5.74) is 5.72. The predicted molar refractivity (Wildman–Crippen MR) is 102 cm³/mol. The van der Waals surface area contributed by atoms with Gasteiger partial charge in [-0.2, -0.15) is 0 Å². The smallest absolute Gasteiger partial charge is 0.214 e. The highest BCUT2D eigenvalue weighted by Crippen LogP contribution is 2.32. The second-order valence-electron chi connectivity index (χ2n) is 6.82. The van der Waals surface area contributed by atoms with Crippen LogP contribution >= 0.6 is 0 Å². The van der Waals surface area contributed by atoms with Crippen molar-refractivity contribution < 1.29 is 4.92 Å². The van der Waals surface area contributed by atoms with Crippen LogP contribution in [-0.4, -0.2) is 18.0 Å². The Morgan fingerprint density at radius 2 is 1.64 bits per heavy atom. The van der Waals surface area contributed by atoms with Crippen LogP contribution in [0.25, 0.3) is 0 Å². The monoisotopic (exact) mass is 336 g/mol. The highest BCUT2D eigenvalue weighted by Gasteiger charge is 2.25. The molecule has 0 N–H and O–H groups in total. The Morgan fingerprint density at radius 1 is 1.04 bits per heavy atom. The molecule has 0 radical (unpaired) electrons. The standard InChI is InChI=1S/C21H24N2O2/c1-16-5-9-18(10-6-16)21(15-23(24)25)19-4-3-13-22(14-19)20-11-7-17(2)8-12-20/h5-12,14,21H,3-4,13,15H2,1-2H3. The van der Waals surface area contributed by atoms with Gasteiger partial charge in [-0.3, -0.25) is 10.1 Å². The summed E-state index contributed by atoms with van der Waals surface area (Å²) in [6, 6.07) is 16.5. The molecule has 130 valence electrons. The lowest BCUT2D eigenvalue weighted by Gasteiger charge is -2.29. The minimum absolute atomic E-state index is 0.0589. The van der Waals surface area contributed by atoms with Crippen LogP contribution < -0.4 is 4.90 Å². The molecular formula is C21H24N2O2. The highest BCUT2D eigenvalue weighted by atomic mass is 16.6. The number of nitro groups is 1. The molecule has 1 aliphatic heterocycles. The van der Waals surface area contributed by atoms with E-state index in [9.17, 15) is 10.1 Å². The molecule has 1 heterocycles. The molecule has 0 fully saturated rings. The Hall–Kier alpha value is -2.62. The summed E-state index contributed by atoms with van der Waals surface area (Å²) in [5.74, 6) is -0.163. The van der Waals surface area contributed by atoms with Gasteiger partial charge in [-0.1, -0.05) is 47.5 Å². The highest BCUT2D eigenvalue weighted by molar-refractivity contribution is 5.52. The van der Waals surface area contributed by atoms with E-state index in [-0.39, 0.29) is 17.4 Å². The zero-order chi connectivity index (χ0) is 17.8. The molecule has 0 bridgehead atoms. The molecule has 2 aromatic rings. The van der Waals surface area contributed by atoms with E-state index in [4.69, 9.17) is 0 Å². The lowest BCUT2D eigenvalue weighted by molar-refractivity contribution is -0.482. The van der Waals surface area contributed by atoms with E-state index in [1.54, 1.807) is 0 Å². The maximum atomic E-state index is 11.2. The fraction of sp³-hybridized carbons (Fsp3) is 0.333. The van der Waals surface area contributed by atoms with Crippen molar-refractivity contribution in [3.05, 3.63) is 87.1 Å². The van der Waals surface area contributed by atoms with Crippen molar-refractivity contribution in [1.29, 1.82) is 0 Å². The molecule has 1 atom stereocenters. The quantitative estimate of drug-likeness (QED) is 0.579. The van der Waals surface area contributed by atoms with Crippen LogP contribution in [0.15, 0.2) is 60.3 Å². The van der Waals surface area contributed by atoms with E-state index in [1.807, 2.05) is 31.2 Å². The van der Waals surface area contributed by atoms with Crippen LogP contribution in [0.5, 0.6) is 0 Å². The maximum Gasteiger partial charge on any atom is 0.214 e. The third kappa shape index (κ3) is 4.27. The van der Waals surface area contributed by atoms with Crippen LogP contribution in [0.3, 0.4) is 0 Å². The summed E-state index contributed by atoms with van der Waals surface area (Å²) in [7, 11) is 0. The molecule has 2 aromatic carbocycles. The fourth-order valence-corrected chi connectivity index (χ4v) is 3.37. The summed E-state index contributed by atoms with van der Waals surface area (Å²) >= 11 is 0. The van der Waals surface area contributed by atoms with Crippen LogP contribution in [0.1, 0.15) is 35.4 Å². The fourth-order valence-electron chi connectivity index (χ4n) is 3.37. The molecule has 25 heavy (non-hydrogen) atoms. The first kappa shape index (κ1) is 17.2. The molecular weight excluding hydrogens is 312 g/mol. The zero-order valence-electron chi connectivity index (χ0n) is 14.8. The summed E-state index contributed by atoms with van der Waals surface area (Å²) in [6.07, 6.45) is 4.05. The van der Waals surface area contributed by atoms with Gasteiger partial charge < -0.3 is 4.90 Å². The van der Waals surface area contributed by atoms with E-state index >= 15 is 0 Å². The molecule has 0 saturated heterocycles. The van der Waals surface area contributed by atoms with Crippen molar-refractivity contribution in [2.45, 2.75) is 32.6 Å². The number of anilines is 1. The third-order valence-electron chi connectivity index (χ3n) is 4.81. The second kappa shape index (κ2) is 7.51. The van der Waals surface area contributed by atoms with Gasteiger partial charge in [0.25, 0.3) is 0 Å². The lowest BCUT2D eigenvalue weighted by Crippen LogP contribution is -2.26. The summed E-state index contributed by atoms with van der Waals surface area (Å²) < 4.78 is 0. The zero-order valence-corrected chi connectivity index (χ0v) is 14.8. The minimum atomic E-state index is -0.198. The first-order valence-corrected chi connectivity index (χ1v) is 8.75. The number of hydrogen-bond acceptors (Lipinski definition) is 3. The van der Waals surface area contributed by atoms with E-state index < -0.39 is 0 Å². The van der Waals surface area contributed by atoms with Gasteiger partial charge in [0.1, 0.15) is 0 Å². The van der Waals surface area contributed by atoms with Crippen LogP contribution in [0.4, 0.5) is 5.69 Å². The SMILES string of the molecule is Cc1ccc(C(C[N+](=O)[O-])C2=CN(c3ccc(C)cc3)CCC2)cc1. The number of benzene rings is 2. The Kier molecular flexibility index (Phi) is 5.17. The number of rotatable bonds is 5. The third-order valence-corrected chi connectivity index (χ3v) is 4.81. The van der Waals surface area contributed by atoms with Crippen LogP contribution in [-0.2, 0) is 0 Å². The topological polar surface area (TPSA) is 46.4 Å². The Labute approximate surface area is 148 Å². The van der Waals surface area contributed by atoms with Gasteiger partial charge >= 0.3 is 0 Å². The van der Waals surface area contributed by atoms with E-state index in [0.29, 0.717) is 0 Å². The minimum Gasteiger partial charge on any atom is -0.348 e. The average Bonchev–Trinajstić information content (AvgIpc) is 2.61. The normalized spacial score (nSPS) is 15.6. The van der Waals surface area contributed by atoms with Gasteiger partial charge in [-0.15, -0.1) is 0 Å². The molecule has 4 nitrogen and oxygen atoms in total. The molecule has 1 aliphatic rings. The molecule has 1 unspecified atom stereocenters. The van der Waals surface area contributed by atoms with Gasteiger partial charge in [-0.05, 0) is 50.0 Å². The van der Waals surface area contributed by atoms with Gasteiger partial charge in [0.2, 0.25) is 6.54 Å². The molecule has 4 heteroatoms. The van der Waals surface area contributed by atoms with Gasteiger partial charge in [0, 0.05) is 23.4 Å². The first-order chi connectivity index (χ1) is 12.0. The summed E-state index contributed by atoms with van der Waals surface area (Å²) in [6.45, 7) is 5.00. The van der Waals surface area contributed by atoms with Crippen molar-refractivity contribution in [2.24, 2.45) is 0 Å². The number of nitrogens with zero attached hydrogens (tertiary/aromatic N) is 2. The van der Waals surface area contributed by atoms with Crippen molar-refractivity contribution in [1.82, 2.24) is 0 Å². The molecule has 0 saturated carbocycles. The largest absolute Gasteiger partial charge is 0.348 e. The molecule has 0 aliphatic carbocycles. The van der Waals surface area contributed by atoms with Crippen molar-refractivity contribution >= 4 is 5.69 Å². The van der Waals surface area contributed by atoms with Crippen LogP contribution in [0.2, 0.25) is 0 Å². The van der Waals surface area contributed by atoms with E-state index in [2.05, 4.69) is 42.3 Å². The summed E-state index contributed by atoms with van der Waals surface area (Å²) in [4.78, 5) is 13.3. The Balaban J connectivity index is 1.92. The van der Waals surface area contributed by atoms with Crippen molar-refractivity contribution in [3.63, 3.8) is 0 Å². The van der Waals surface area contributed by atoms with Gasteiger partial charge in [-0.25, -0.2) is 0 Å². The Bertz CT molecular complexity index is 763. The van der Waals surface area contributed by atoms with E-state index in [1.165, 1.54) is 11.1 Å². The van der Waals surface area contributed by atoms with Gasteiger partial charge in [0.15, 0.2) is 0 Å². The average molecular weight is 336 g/mol. The maximum absolute atomic E-state index is 11.2. The first-order valence-electron chi connectivity index (χ1n) is 8.75. The number of aryl methyl sites for hydroxylation is 2. The van der Waals surface area contributed by atoms with Crippen molar-refractivity contribution in [2.75, 3.05) is 18.0 Å². The van der Waals surface area contributed by atoms with Crippen molar-refractivity contribution in [3.8, 4) is 0 Å². The second-order valence-corrected chi connectivity index (χ2v) is 6.82. The lowest BCUT2D eigenvalue weighted by atomic mass is 9.87. The molecule has 0 amide bonds. The predicted octanol–water partition coefficient (Wildman–Crippen LogP) is 4.85. The van der Waals surface area contributed by atoms with Crippen LogP contribution in [0, 0.1) is 24.0 Å². The van der Waals surface area contributed by atoms with Gasteiger partial charge in [0.05, 0.1) is 5.92 Å². The Morgan fingerprint density at radius 3 is 2.24 bits per heavy atom. The number of hydrogen-bond donors (Lipinski definition) is 0. The molecule has 0 spiro atoms. The summed E-state index contributed by atoms with van der Waals surface area (Å²) in [5, 5.41) is 11.2.